The molecular formula is C17H19F2N3O3S. The van der Waals surface area contributed by atoms with E-state index in [1.165, 1.54) is 4.31 Å². The number of aromatic nitrogens is 2. The Hall–Kier alpha value is -1.87. The lowest BCUT2D eigenvalue weighted by molar-refractivity contribution is 0.246. The summed E-state index contributed by atoms with van der Waals surface area (Å²) in [5.74, 6) is -0.0963. The highest BCUT2D eigenvalue weighted by Crippen LogP contribution is 2.38. The second kappa shape index (κ2) is 6.70. The molecular weight excluding hydrogens is 364 g/mol. The minimum absolute atomic E-state index is 0.00245. The van der Waals surface area contributed by atoms with Crippen molar-refractivity contribution in [3.05, 3.63) is 41.5 Å². The zero-order chi connectivity index (χ0) is 18.3. The topological polar surface area (TPSA) is 76.3 Å². The molecule has 2 aromatic rings. The van der Waals surface area contributed by atoms with E-state index in [2.05, 4.69) is 10.1 Å². The van der Waals surface area contributed by atoms with Crippen molar-refractivity contribution < 1.29 is 21.7 Å². The molecule has 0 radical (unpaired) electrons. The van der Waals surface area contributed by atoms with Crippen molar-refractivity contribution in [1.82, 2.24) is 14.4 Å². The number of benzene rings is 1. The van der Waals surface area contributed by atoms with E-state index >= 15 is 0 Å². The van der Waals surface area contributed by atoms with E-state index in [0.29, 0.717) is 24.7 Å². The van der Waals surface area contributed by atoms with E-state index in [1.807, 2.05) is 0 Å². The van der Waals surface area contributed by atoms with Gasteiger partial charge in [0.2, 0.25) is 15.9 Å². The maximum Gasteiger partial charge on any atom is 0.246 e. The lowest BCUT2D eigenvalue weighted by atomic mass is 9.96. The Morgan fingerprint density at radius 3 is 2.81 bits per heavy atom. The molecule has 1 saturated heterocycles. The number of rotatable bonds is 5. The summed E-state index contributed by atoms with van der Waals surface area (Å²) in [6, 6.07) is 2.47. The van der Waals surface area contributed by atoms with E-state index in [0.717, 1.165) is 43.3 Å². The van der Waals surface area contributed by atoms with E-state index in [-0.39, 0.29) is 19.0 Å². The first-order chi connectivity index (χ1) is 12.4. The first kappa shape index (κ1) is 17.5. The zero-order valence-corrected chi connectivity index (χ0v) is 14.9. The highest BCUT2D eigenvalue weighted by Gasteiger charge is 2.34. The Kier molecular flexibility index (Phi) is 4.52. The van der Waals surface area contributed by atoms with Gasteiger partial charge in [0.05, 0.1) is 0 Å². The van der Waals surface area contributed by atoms with Crippen LogP contribution in [-0.4, -0.2) is 36.0 Å². The maximum absolute atomic E-state index is 13.9. The van der Waals surface area contributed by atoms with Crippen molar-refractivity contribution in [2.75, 3.05) is 13.1 Å². The fourth-order valence-corrected chi connectivity index (χ4v) is 4.96. The normalized spacial score (nSPS) is 21.8. The number of nitrogens with zero attached hydrogens (tertiary/aromatic N) is 3. The Morgan fingerprint density at radius 2 is 2.04 bits per heavy atom. The molecule has 6 nitrogen and oxygen atoms in total. The summed E-state index contributed by atoms with van der Waals surface area (Å²) in [6.07, 6.45) is 4.10. The Labute approximate surface area is 150 Å². The summed E-state index contributed by atoms with van der Waals surface area (Å²) in [4.78, 5) is 3.76. The fourth-order valence-electron chi connectivity index (χ4n) is 3.33. The van der Waals surface area contributed by atoms with Crippen LogP contribution >= 0.6 is 0 Å². The van der Waals surface area contributed by atoms with Crippen LogP contribution in [0.5, 0.6) is 0 Å². The largest absolute Gasteiger partial charge is 0.339 e. The predicted octanol–water partition coefficient (Wildman–Crippen LogP) is 2.87. The van der Waals surface area contributed by atoms with Gasteiger partial charge in [-0.05, 0) is 49.8 Å². The van der Waals surface area contributed by atoms with Crippen LogP contribution in [-0.2, 0) is 16.4 Å². The molecule has 9 heteroatoms. The van der Waals surface area contributed by atoms with Gasteiger partial charge in [-0.1, -0.05) is 5.16 Å². The number of hydrogen-bond acceptors (Lipinski definition) is 5. The van der Waals surface area contributed by atoms with Crippen molar-refractivity contribution >= 4 is 10.0 Å². The van der Waals surface area contributed by atoms with Crippen LogP contribution in [0.25, 0.3) is 0 Å². The molecule has 1 aliphatic carbocycles. The summed E-state index contributed by atoms with van der Waals surface area (Å²) < 4.78 is 59.3. The summed E-state index contributed by atoms with van der Waals surface area (Å²) in [7, 11) is -4.09. The van der Waals surface area contributed by atoms with Gasteiger partial charge in [-0.2, -0.15) is 9.29 Å². The van der Waals surface area contributed by atoms with Crippen molar-refractivity contribution in [2.24, 2.45) is 5.92 Å². The maximum atomic E-state index is 13.9. The summed E-state index contributed by atoms with van der Waals surface area (Å²) in [5, 5.41) is 3.97. The third-order valence-corrected chi connectivity index (χ3v) is 6.76. The Bertz CT molecular complexity index is 912. The van der Waals surface area contributed by atoms with Crippen LogP contribution in [0.1, 0.15) is 43.3 Å². The van der Waals surface area contributed by atoms with Gasteiger partial charge in [0.1, 0.15) is 16.5 Å². The summed E-state index contributed by atoms with van der Waals surface area (Å²) in [5.41, 5.74) is 0. The van der Waals surface area contributed by atoms with Gasteiger partial charge < -0.3 is 4.52 Å². The summed E-state index contributed by atoms with van der Waals surface area (Å²) >= 11 is 0. The van der Waals surface area contributed by atoms with Gasteiger partial charge in [-0.3, -0.25) is 0 Å². The molecule has 0 bridgehead atoms. The van der Waals surface area contributed by atoms with Gasteiger partial charge in [0.25, 0.3) is 0 Å². The molecule has 1 unspecified atom stereocenters. The van der Waals surface area contributed by atoms with Gasteiger partial charge in [0, 0.05) is 25.4 Å². The molecule has 1 aromatic heterocycles. The van der Waals surface area contributed by atoms with Gasteiger partial charge in [-0.25, -0.2) is 17.2 Å². The second-order valence-electron chi connectivity index (χ2n) is 6.97. The van der Waals surface area contributed by atoms with Crippen LogP contribution in [0, 0.1) is 17.6 Å². The smallest absolute Gasteiger partial charge is 0.246 e. The van der Waals surface area contributed by atoms with Crippen LogP contribution < -0.4 is 0 Å². The average Bonchev–Trinajstić information content (AvgIpc) is 3.37. The Balaban J connectivity index is 1.49. The predicted molar refractivity (Wildman–Crippen MR) is 87.8 cm³/mol. The lowest BCUT2D eigenvalue weighted by Crippen LogP contribution is -2.40. The van der Waals surface area contributed by atoms with Crippen molar-refractivity contribution in [1.29, 1.82) is 0 Å². The van der Waals surface area contributed by atoms with Gasteiger partial charge >= 0.3 is 0 Å². The molecule has 0 spiro atoms. The highest BCUT2D eigenvalue weighted by molar-refractivity contribution is 7.89. The lowest BCUT2D eigenvalue weighted by Gasteiger charge is -2.31. The third-order valence-electron chi connectivity index (χ3n) is 4.88. The Morgan fingerprint density at radius 1 is 1.23 bits per heavy atom. The quantitative estimate of drug-likeness (QED) is 0.794. The van der Waals surface area contributed by atoms with E-state index < -0.39 is 26.6 Å². The van der Waals surface area contributed by atoms with Crippen molar-refractivity contribution in [3.63, 3.8) is 0 Å². The minimum atomic E-state index is -4.09. The second-order valence-corrected chi connectivity index (χ2v) is 8.88. The van der Waals surface area contributed by atoms with Crippen molar-refractivity contribution in [2.45, 2.75) is 42.9 Å². The number of halogens is 2. The molecule has 140 valence electrons. The monoisotopic (exact) mass is 383 g/mol. The summed E-state index contributed by atoms with van der Waals surface area (Å²) in [6.45, 7) is 0.505. The molecule has 26 heavy (non-hydrogen) atoms. The average molecular weight is 383 g/mol. The van der Waals surface area contributed by atoms with E-state index in [1.54, 1.807) is 0 Å². The molecule has 1 atom stereocenters. The molecule has 2 heterocycles. The van der Waals surface area contributed by atoms with E-state index in [9.17, 15) is 17.2 Å². The first-order valence-corrected chi connectivity index (χ1v) is 10.1. The number of sulfonamides is 1. The highest BCUT2D eigenvalue weighted by atomic mass is 32.2. The third kappa shape index (κ3) is 3.50. The van der Waals surface area contributed by atoms with Crippen LogP contribution in [0.4, 0.5) is 8.78 Å². The molecule has 2 aliphatic rings. The standard InChI is InChI=1S/C17H19F2N3O3S/c18-13-5-6-14(19)15(9-13)26(23,24)22-7-1-2-11(10-22)8-16-20-17(21-25-16)12-3-4-12/h5-6,9,11-12H,1-4,7-8,10H2. The number of hydrogen-bond donors (Lipinski definition) is 0. The zero-order valence-electron chi connectivity index (χ0n) is 14.1. The van der Waals surface area contributed by atoms with Crippen LogP contribution in [0.2, 0.25) is 0 Å². The van der Waals surface area contributed by atoms with Crippen LogP contribution in [0.3, 0.4) is 0 Å². The molecule has 4 rings (SSSR count). The molecule has 0 amide bonds. The SMILES string of the molecule is O=S(=O)(c1cc(F)ccc1F)N1CCCC(Cc2nc(C3CC3)no2)C1. The molecule has 2 fully saturated rings. The van der Waals surface area contributed by atoms with Crippen LogP contribution in [0.15, 0.2) is 27.6 Å². The van der Waals surface area contributed by atoms with Crippen molar-refractivity contribution in [3.8, 4) is 0 Å². The molecule has 1 aliphatic heterocycles. The first-order valence-electron chi connectivity index (χ1n) is 8.71. The van der Waals surface area contributed by atoms with E-state index in [4.69, 9.17) is 4.52 Å². The molecule has 0 N–H and O–H groups in total. The number of piperidine rings is 1. The van der Waals surface area contributed by atoms with Gasteiger partial charge in [-0.15, -0.1) is 0 Å². The van der Waals surface area contributed by atoms with Gasteiger partial charge in [0.15, 0.2) is 5.82 Å². The minimum Gasteiger partial charge on any atom is -0.339 e. The molecule has 1 aromatic carbocycles. The molecule has 1 saturated carbocycles. The fraction of sp³-hybridized carbons (Fsp3) is 0.529.